The Balaban J connectivity index is 1.61. The number of esters is 1. The van der Waals surface area contributed by atoms with Crippen LogP contribution in [0.3, 0.4) is 0 Å². The lowest BCUT2D eigenvalue weighted by molar-refractivity contribution is -0.188. The van der Waals surface area contributed by atoms with Crippen LogP contribution in [0.25, 0.3) is 11.1 Å². The van der Waals surface area contributed by atoms with Crippen molar-refractivity contribution in [1.82, 2.24) is 5.32 Å². The predicted octanol–water partition coefficient (Wildman–Crippen LogP) is 4.66. The fraction of sp³-hybridized carbons (Fsp3) is 0.290. The number of amides is 1. The zero-order valence-corrected chi connectivity index (χ0v) is 22.7. The molecule has 9 heteroatoms. The first kappa shape index (κ1) is 28.8. The number of carboxylic acids is 2. The molecule has 6 atom stereocenters. The summed E-state index contributed by atoms with van der Waals surface area (Å²) in [7, 11) is 1.08. The van der Waals surface area contributed by atoms with E-state index in [9.17, 15) is 29.4 Å². The standard InChI is InChI=1S/C31H30ClNO7/c1-17(33-28(34)24-25(29(35)36)26(30(37)38)27(24)31(39)40-2)23(16-18-8-14-22(32)15-9-18)21-12-10-20(11-13-21)19-6-4-3-5-7-19/h3-15,17,23-27H,16H2,1-2H3,(H,33,34)(H,35,36)(H,37,38)/t17-,23-,24+,25-,26+,27+/m0/s1. The van der Waals surface area contributed by atoms with Gasteiger partial charge in [0.05, 0.1) is 30.8 Å². The first-order valence-corrected chi connectivity index (χ1v) is 13.2. The monoisotopic (exact) mass is 563 g/mol. The van der Waals surface area contributed by atoms with Crippen molar-refractivity contribution in [3.63, 3.8) is 0 Å². The molecular formula is C31H30ClNO7. The highest BCUT2D eigenvalue weighted by atomic mass is 35.5. The summed E-state index contributed by atoms with van der Waals surface area (Å²) in [5, 5.41) is 22.7. The SMILES string of the molecule is COC(=O)[C@H]1[C@H](C(=O)O)[C@@H](C(=O)O)[C@H]1C(=O)N[C@@H](C)[C@H](Cc1ccc(Cl)cc1)c1ccc(-c2ccccc2)cc1. The third-order valence-corrected chi connectivity index (χ3v) is 7.93. The molecule has 3 aromatic carbocycles. The highest BCUT2D eigenvalue weighted by molar-refractivity contribution is 6.30. The highest BCUT2D eigenvalue weighted by Crippen LogP contribution is 2.47. The Hall–Kier alpha value is -4.17. The topological polar surface area (TPSA) is 130 Å². The lowest BCUT2D eigenvalue weighted by atomic mass is 9.56. The van der Waals surface area contributed by atoms with Gasteiger partial charge in [-0.2, -0.15) is 0 Å². The van der Waals surface area contributed by atoms with Gasteiger partial charge < -0.3 is 20.3 Å². The minimum atomic E-state index is -1.55. The van der Waals surface area contributed by atoms with Crippen molar-refractivity contribution in [3.05, 3.63) is 95.0 Å². The van der Waals surface area contributed by atoms with E-state index < -0.39 is 53.5 Å². The Kier molecular flexibility index (Phi) is 8.90. The van der Waals surface area contributed by atoms with E-state index >= 15 is 0 Å². The van der Waals surface area contributed by atoms with Gasteiger partial charge in [0.15, 0.2) is 0 Å². The maximum absolute atomic E-state index is 13.4. The fourth-order valence-corrected chi connectivity index (χ4v) is 5.68. The summed E-state index contributed by atoms with van der Waals surface area (Å²) in [4.78, 5) is 49.5. The van der Waals surface area contributed by atoms with Crippen LogP contribution in [0, 0.1) is 23.7 Å². The van der Waals surface area contributed by atoms with Crippen LogP contribution in [0.2, 0.25) is 5.02 Å². The van der Waals surface area contributed by atoms with Crippen molar-refractivity contribution in [2.45, 2.75) is 25.3 Å². The average molecular weight is 564 g/mol. The number of ether oxygens (including phenoxy) is 1. The van der Waals surface area contributed by atoms with Gasteiger partial charge in [0.25, 0.3) is 0 Å². The molecule has 1 amide bonds. The van der Waals surface area contributed by atoms with Crippen molar-refractivity contribution in [1.29, 1.82) is 0 Å². The number of carboxylic acid groups (broad SMARTS) is 2. The third kappa shape index (κ3) is 6.02. The number of aliphatic carboxylic acids is 2. The summed E-state index contributed by atoms with van der Waals surface area (Å²) < 4.78 is 4.72. The first-order chi connectivity index (χ1) is 19.1. The van der Waals surface area contributed by atoms with Crippen LogP contribution in [0.1, 0.15) is 24.0 Å². The second-order valence-corrected chi connectivity index (χ2v) is 10.5. The number of benzene rings is 3. The van der Waals surface area contributed by atoms with Gasteiger partial charge in [-0.1, -0.05) is 78.3 Å². The summed E-state index contributed by atoms with van der Waals surface area (Å²) in [6.07, 6.45) is 0.536. The van der Waals surface area contributed by atoms with Crippen LogP contribution >= 0.6 is 11.6 Å². The Morgan fingerprint density at radius 1 is 0.800 bits per heavy atom. The van der Waals surface area contributed by atoms with Crippen molar-refractivity contribution in [2.75, 3.05) is 7.11 Å². The average Bonchev–Trinajstić information content (AvgIpc) is 2.92. The van der Waals surface area contributed by atoms with Gasteiger partial charge in [-0.05, 0) is 47.7 Å². The molecule has 0 aliphatic heterocycles. The molecule has 40 heavy (non-hydrogen) atoms. The molecule has 1 fully saturated rings. The van der Waals surface area contributed by atoms with Crippen molar-refractivity contribution < 1.29 is 34.1 Å². The Labute approximate surface area is 236 Å². The molecule has 1 aliphatic carbocycles. The molecule has 8 nitrogen and oxygen atoms in total. The first-order valence-electron chi connectivity index (χ1n) is 12.9. The summed E-state index contributed by atoms with van der Waals surface area (Å²) in [5.74, 6) is -10.6. The lowest BCUT2D eigenvalue weighted by Crippen LogP contribution is -2.63. The molecule has 0 heterocycles. The number of halogens is 1. The van der Waals surface area contributed by atoms with Crippen LogP contribution in [-0.4, -0.2) is 47.2 Å². The van der Waals surface area contributed by atoms with Crippen LogP contribution in [0.4, 0.5) is 0 Å². The summed E-state index contributed by atoms with van der Waals surface area (Å²) in [5.41, 5.74) is 4.02. The number of rotatable bonds is 10. The van der Waals surface area contributed by atoms with Crippen LogP contribution in [-0.2, 0) is 30.3 Å². The molecule has 0 radical (unpaired) electrons. The fourth-order valence-electron chi connectivity index (χ4n) is 5.55. The number of carbonyl (C=O) groups is 4. The quantitative estimate of drug-likeness (QED) is 0.306. The number of methoxy groups -OCH3 is 1. The van der Waals surface area contributed by atoms with Gasteiger partial charge in [0, 0.05) is 17.0 Å². The molecule has 0 bridgehead atoms. The minimum Gasteiger partial charge on any atom is -0.481 e. The van der Waals surface area contributed by atoms with Gasteiger partial charge in [-0.25, -0.2) is 0 Å². The van der Waals surface area contributed by atoms with Gasteiger partial charge in [0.1, 0.15) is 0 Å². The van der Waals surface area contributed by atoms with Crippen LogP contribution < -0.4 is 5.32 Å². The van der Waals surface area contributed by atoms with E-state index in [0.717, 1.165) is 29.4 Å². The molecule has 0 spiro atoms. The van der Waals surface area contributed by atoms with E-state index in [0.29, 0.717) is 11.4 Å². The molecule has 3 N–H and O–H groups in total. The van der Waals surface area contributed by atoms with E-state index in [2.05, 4.69) is 5.32 Å². The van der Waals surface area contributed by atoms with Gasteiger partial charge in [-0.15, -0.1) is 0 Å². The number of hydrogen-bond donors (Lipinski definition) is 3. The summed E-state index contributed by atoms with van der Waals surface area (Å²) in [6.45, 7) is 1.81. The minimum absolute atomic E-state index is 0.231. The molecule has 1 aliphatic rings. The smallest absolute Gasteiger partial charge is 0.310 e. The van der Waals surface area contributed by atoms with E-state index in [1.165, 1.54) is 0 Å². The van der Waals surface area contributed by atoms with Crippen LogP contribution in [0.5, 0.6) is 0 Å². The number of carbonyl (C=O) groups excluding carboxylic acids is 2. The van der Waals surface area contributed by atoms with Crippen molar-refractivity contribution in [3.8, 4) is 11.1 Å². The molecule has 4 rings (SSSR count). The van der Waals surface area contributed by atoms with Crippen molar-refractivity contribution >= 4 is 35.4 Å². The van der Waals surface area contributed by atoms with E-state index in [1.807, 2.05) is 66.7 Å². The normalized spacial score (nSPS) is 21.4. The maximum atomic E-state index is 13.4. The van der Waals surface area contributed by atoms with Gasteiger partial charge >= 0.3 is 17.9 Å². The summed E-state index contributed by atoms with van der Waals surface area (Å²) in [6, 6.07) is 24.8. The molecular weight excluding hydrogens is 534 g/mol. The zero-order chi connectivity index (χ0) is 29.0. The lowest BCUT2D eigenvalue weighted by Gasteiger charge is -2.45. The zero-order valence-electron chi connectivity index (χ0n) is 22.0. The number of nitrogens with one attached hydrogen (secondary N) is 1. The van der Waals surface area contributed by atoms with Crippen LogP contribution in [0.15, 0.2) is 78.9 Å². The maximum Gasteiger partial charge on any atom is 0.310 e. The van der Waals surface area contributed by atoms with E-state index in [-0.39, 0.29) is 5.92 Å². The molecule has 0 aromatic heterocycles. The summed E-state index contributed by atoms with van der Waals surface area (Å²) >= 11 is 6.07. The second-order valence-electron chi connectivity index (χ2n) is 10.0. The predicted molar refractivity (Wildman–Crippen MR) is 149 cm³/mol. The van der Waals surface area contributed by atoms with E-state index in [1.54, 1.807) is 19.1 Å². The van der Waals surface area contributed by atoms with Gasteiger partial charge in [-0.3, -0.25) is 19.2 Å². The highest BCUT2D eigenvalue weighted by Gasteiger charge is 2.64. The molecule has 0 saturated heterocycles. The van der Waals surface area contributed by atoms with Crippen molar-refractivity contribution in [2.24, 2.45) is 23.7 Å². The molecule has 3 aromatic rings. The van der Waals surface area contributed by atoms with E-state index in [4.69, 9.17) is 16.3 Å². The second kappa shape index (κ2) is 12.3. The molecule has 0 unspecified atom stereocenters. The Morgan fingerprint density at radius 3 is 1.90 bits per heavy atom. The molecule has 208 valence electrons. The van der Waals surface area contributed by atoms with Gasteiger partial charge in [0.2, 0.25) is 5.91 Å². The third-order valence-electron chi connectivity index (χ3n) is 7.68. The largest absolute Gasteiger partial charge is 0.481 e. The Bertz CT molecular complexity index is 1380. The molecule has 1 saturated carbocycles. The Morgan fingerprint density at radius 2 is 1.35 bits per heavy atom. The number of hydrogen-bond acceptors (Lipinski definition) is 5.